The number of amides is 1. The molecule has 0 saturated carbocycles. The van der Waals surface area contributed by atoms with E-state index in [9.17, 15) is 13.2 Å². The largest absolute Gasteiger partial charge is 0.335 e. The van der Waals surface area contributed by atoms with Gasteiger partial charge >= 0.3 is 0 Å². The van der Waals surface area contributed by atoms with Crippen LogP contribution in [0.25, 0.3) is 0 Å². The first kappa shape index (κ1) is 18.6. The molecule has 1 unspecified atom stereocenters. The Kier molecular flexibility index (Phi) is 5.74. The summed E-state index contributed by atoms with van der Waals surface area (Å²) in [5, 5.41) is 0. The molecule has 0 aromatic heterocycles. The summed E-state index contributed by atoms with van der Waals surface area (Å²) in [4.78, 5) is 15.0. The molecule has 1 N–H and O–H groups in total. The van der Waals surface area contributed by atoms with Crippen LogP contribution in [0.1, 0.15) is 35.7 Å². The molecule has 0 spiro atoms. The Morgan fingerprint density at radius 3 is 2.46 bits per heavy atom. The van der Waals surface area contributed by atoms with E-state index in [0.717, 1.165) is 25.8 Å². The van der Waals surface area contributed by atoms with E-state index in [1.807, 2.05) is 23.1 Å². The lowest BCUT2D eigenvalue weighted by Crippen LogP contribution is -2.36. The number of sulfonamides is 1. The minimum Gasteiger partial charge on any atom is -0.335 e. The van der Waals surface area contributed by atoms with Crippen molar-refractivity contribution in [2.75, 3.05) is 13.1 Å². The molecule has 1 saturated heterocycles. The Morgan fingerprint density at radius 2 is 1.81 bits per heavy atom. The quantitative estimate of drug-likeness (QED) is 0.848. The average molecular weight is 372 g/mol. The topological polar surface area (TPSA) is 66.5 Å². The van der Waals surface area contributed by atoms with Gasteiger partial charge in [0.25, 0.3) is 5.91 Å². The maximum atomic E-state index is 12.9. The summed E-state index contributed by atoms with van der Waals surface area (Å²) in [6.45, 7) is 2.81. The van der Waals surface area contributed by atoms with Crippen molar-refractivity contribution in [3.8, 4) is 0 Å². The van der Waals surface area contributed by atoms with Gasteiger partial charge in [-0.15, -0.1) is 0 Å². The molecule has 1 aliphatic rings. The normalized spacial score (nSPS) is 17.4. The number of nitrogens with one attached hydrogen (secondary N) is 1. The standard InChI is InChI=1S/C20H24N2O3S/c1-2-21-26(24,25)19-12-10-17(11-13-19)20(23)22-14-6-9-18(22)15-16-7-4-3-5-8-16/h3-5,7-8,10-13,18,21H,2,6,9,14-15H2,1H3. The molecule has 1 fully saturated rings. The summed E-state index contributed by atoms with van der Waals surface area (Å²) >= 11 is 0. The summed E-state index contributed by atoms with van der Waals surface area (Å²) in [7, 11) is -3.50. The van der Waals surface area contributed by atoms with Gasteiger partial charge in [0.05, 0.1) is 4.90 Å². The number of carbonyl (C=O) groups excluding carboxylic acids is 1. The third-order valence-corrected chi connectivity index (χ3v) is 6.26. The molecular formula is C20H24N2O3S. The lowest BCUT2D eigenvalue weighted by Gasteiger charge is -2.25. The monoisotopic (exact) mass is 372 g/mol. The van der Waals surface area contributed by atoms with Gasteiger partial charge in [-0.25, -0.2) is 13.1 Å². The molecule has 0 bridgehead atoms. The van der Waals surface area contributed by atoms with E-state index < -0.39 is 10.0 Å². The molecule has 1 heterocycles. The van der Waals surface area contributed by atoms with Gasteiger partial charge in [0.1, 0.15) is 0 Å². The molecule has 26 heavy (non-hydrogen) atoms. The fraction of sp³-hybridized carbons (Fsp3) is 0.350. The summed E-state index contributed by atoms with van der Waals surface area (Å²) in [5.41, 5.74) is 1.75. The second-order valence-electron chi connectivity index (χ2n) is 6.51. The van der Waals surface area contributed by atoms with Gasteiger partial charge in [-0.05, 0) is 49.1 Å². The number of likely N-dealkylation sites (tertiary alicyclic amines) is 1. The summed E-state index contributed by atoms with van der Waals surface area (Å²) in [5.74, 6) is -0.0316. The van der Waals surface area contributed by atoms with Crippen LogP contribution >= 0.6 is 0 Å². The summed E-state index contributed by atoms with van der Waals surface area (Å²) in [6, 6.07) is 16.6. The number of hydrogen-bond donors (Lipinski definition) is 1. The predicted octanol–water partition coefficient (Wildman–Crippen LogP) is 2.83. The first-order valence-corrected chi connectivity index (χ1v) is 10.4. The molecule has 0 aliphatic carbocycles. The Labute approximate surface area is 155 Å². The van der Waals surface area contributed by atoms with Gasteiger partial charge in [-0.1, -0.05) is 37.3 Å². The van der Waals surface area contributed by atoms with E-state index in [1.165, 1.54) is 17.7 Å². The van der Waals surface area contributed by atoms with E-state index in [1.54, 1.807) is 19.1 Å². The number of rotatable bonds is 6. The molecule has 2 aromatic carbocycles. The van der Waals surface area contributed by atoms with Crippen LogP contribution in [0, 0.1) is 0 Å². The highest BCUT2D eigenvalue weighted by atomic mass is 32.2. The predicted molar refractivity (Wildman–Crippen MR) is 102 cm³/mol. The van der Waals surface area contributed by atoms with Gasteiger partial charge in [0.2, 0.25) is 10.0 Å². The van der Waals surface area contributed by atoms with Crippen molar-refractivity contribution < 1.29 is 13.2 Å². The van der Waals surface area contributed by atoms with Crippen molar-refractivity contribution in [2.24, 2.45) is 0 Å². The maximum Gasteiger partial charge on any atom is 0.254 e. The van der Waals surface area contributed by atoms with Crippen molar-refractivity contribution in [1.82, 2.24) is 9.62 Å². The molecule has 2 aromatic rings. The van der Waals surface area contributed by atoms with Crippen molar-refractivity contribution in [3.05, 3.63) is 65.7 Å². The van der Waals surface area contributed by atoms with Crippen molar-refractivity contribution in [2.45, 2.75) is 37.1 Å². The van der Waals surface area contributed by atoms with Crippen LogP contribution in [0.5, 0.6) is 0 Å². The third-order valence-electron chi connectivity index (χ3n) is 4.70. The van der Waals surface area contributed by atoms with Crippen LogP contribution in [0.3, 0.4) is 0 Å². The van der Waals surface area contributed by atoms with E-state index in [0.29, 0.717) is 12.1 Å². The maximum absolute atomic E-state index is 12.9. The SMILES string of the molecule is CCNS(=O)(=O)c1ccc(C(=O)N2CCCC2Cc2ccccc2)cc1. The molecule has 0 radical (unpaired) electrons. The van der Waals surface area contributed by atoms with E-state index in [4.69, 9.17) is 0 Å². The van der Waals surface area contributed by atoms with E-state index in [2.05, 4.69) is 16.9 Å². The molecule has 1 amide bonds. The molecule has 5 nitrogen and oxygen atoms in total. The third kappa shape index (κ3) is 4.14. The molecule has 3 rings (SSSR count). The minimum atomic E-state index is -3.50. The second-order valence-corrected chi connectivity index (χ2v) is 8.28. The van der Waals surface area contributed by atoms with Gasteiger partial charge < -0.3 is 4.90 Å². The first-order chi connectivity index (χ1) is 12.5. The zero-order valence-corrected chi connectivity index (χ0v) is 15.7. The molecule has 6 heteroatoms. The van der Waals surface area contributed by atoms with Gasteiger partial charge in [-0.3, -0.25) is 4.79 Å². The summed E-state index contributed by atoms with van der Waals surface area (Å²) < 4.78 is 26.5. The van der Waals surface area contributed by atoms with E-state index in [-0.39, 0.29) is 16.8 Å². The minimum absolute atomic E-state index is 0.0316. The number of hydrogen-bond acceptors (Lipinski definition) is 3. The lowest BCUT2D eigenvalue weighted by atomic mass is 10.0. The number of nitrogens with zero attached hydrogens (tertiary/aromatic N) is 1. The fourth-order valence-electron chi connectivity index (χ4n) is 3.42. The Morgan fingerprint density at radius 1 is 1.12 bits per heavy atom. The Hall–Kier alpha value is -2.18. The fourth-order valence-corrected chi connectivity index (χ4v) is 4.46. The van der Waals surface area contributed by atoms with Crippen molar-refractivity contribution in [3.63, 3.8) is 0 Å². The Bertz CT molecular complexity index is 848. The zero-order chi connectivity index (χ0) is 18.6. The van der Waals surface area contributed by atoms with Gasteiger partial charge in [0, 0.05) is 24.7 Å². The van der Waals surface area contributed by atoms with Gasteiger partial charge in [0.15, 0.2) is 0 Å². The van der Waals surface area contributed by atoms with Crippen LogP contribution in [0.15, 0.2) is 59.5 Å². The van der Waals surface area contributed by atoms with Crippen molar-refractivity contribution in [1.29, 1.82) is 0 Å². The summed E-state index contributed by atoms with van der Waals surface area (Å²) in [6.07, 6.45) is 2.84. The molecule has 1 aliphatic heterocycles. The van der Waals surface area contributed by atoms with Crippen molar-refractivity contribution >= 4 is 15.9 Å². The van der Waals surface area contributed by atoms with Gasteiger partial charge in [-0.2, -0.15) is 0 Å². The van der Waals surface area contributed by atoms with E-state index >= 15 is 0 Å². The van der Waals surface area contributed by atoms with Crippen LogP contribution in [0.2, 0.25) is 0 Å². The highest BCUT2D eigenvalue weighted by Crippen LogP contribution is 2.24. The van der Waals surface area contributed by atoms with Crippen LogP contribution in [0.4, 0.5) is 0 Å². The molecular weight excluding hydrogens is 348 g/mol. The average Bonchev–Trinajstić information content (AvgIpc) is 3.10. The van der Waals surface area contributed by atoms with Crippen LogP contribution in [-0.2, 0) is 16.4 Å². The van der Waals surface area contributed by atoms with Crippen LogP contribution < -0.4 is 4.72 Å². The highest BCUT2D eigenvalue weighted by molar-refractivity contribution is 7.89. The van der Waals surface area contributed by atoms with Crippen LogP contribution in [-0.4, -0.2) is 38.4 Å². The first-order valence-electron chi connectivity index (χ1n) is 8.96. The smallest absolute Gasteiger partial charge is 0.254 e. The highest BCUT2D eigenvalue weighted by Gasteiger charge is 2.29. The second kappa shape index (κ2) is 8.01. The molecule has 1 atom stereocenters. The number of benzene rings is 2. The lowest BCUT2D eigenvalue weighted by molar-refractivity contribution is 0.0736. The number of carbonyl (C=O) groups is 1. The zero-order valence-electron chi connectivity index (χ0n) is 14.9. The Balaban J connectivity index is 1.74. The molecule has 138 valence electrons.